The average molecular weight is 359 g/mol. The molecular formula is C20H23ClN2O2. The largest absolute Gasteiger partial charge is 0.371 e. The van der Waals surface area contributed by atoms with Gasteiger partial charge in [-0.3, -0.25) is 4.79 Å². The molecule has 25 heavy (non-hydrogen) atoms. The van der Waals surface area contributed by atoms with E-state index in [4.69, 9.17) is 16.3 Å². The molecule has 0 unspecified atom stereocenters. The second kappa shape index (κ2) is 8.88. The fraction of sp³-hybridized carbons (Fsp3) is 0.350. The molecule has 1 aliphatic heterocycles. The summed E-state index contributed by atoms with van der Waals surface area (Å²) in [5, 5.41) is 3.64. The Bertz CT molecular complexity index is 693. The van der Waals surface area contributed by atoms with Crippen LogP contribution in [0, 0.1) is 5.92 Å². The maximum atomic E-state index is 11.9. The molecular weight excluding hydrogens is 336 g/mol. The van der Waals surface area contributed by atoms with Crippen LogP contribution in [-0.4, -0.2) is 32.1 Å². The van der Waals surface area contributed by atoms with Crippen LogP contribution in [0.2, 0.25) is 5.02 Å². The van der Waals surface area contributed by atoms with Crippen LogP contribution in [0.15, 0.2) is 54.6 Å². The van der Waals surface area contributed by atoms with Crippen molar-refractivity contribution in [1.82, 2.24) is 5.32 Å². The van der Waals surface area contributed by atoms with Gasteiger partial charge in [0.15, 0.2) is 0 Å². The van der Waals surface area contributed by atoms with Gasteiger partial charge in [-0.25, -0.2) is 0 Å². The van der Waals surface area contributed by atoms with Crippen molar-refractivity contribution in [2.24, 2.45) is 5.92 Å². The third kappa shape index (κ3) is 5.21. The number of nitrogens with one attached hydrogen (secondary N) is 1. The third-order valence-corrected chi connectivity index (χ3v) is 4.81. The van der Waals surface area contributed by atoms with Crippen molar-refractivity contribution in [3.63, 3.8) is 0 Å². The molecule has 1 saturated heterocycles. The third-order valence-electron chi connectivity index (χ3n) is 4.44. The number of amides is 1. The summed E-state index contributed by atoms with van der Waals surface area (Å²) in [6, 6.07) is 17.9. The monoisotopic (exact) mass is 358 g/mol. The predicted octanol–water partition coefficient (Wildman–Crippen LogP) is 3.50. The molecule has 1 aliphatic rings. The standard InChI is InChI=1S/C20H23ClN2O2/c21-19-9-5-4-6-17(19)14-25-15-20(24)22-12-16-10-11-23(13-16)18-7-2-1-3-8-18/h1-9,16H,10-15H2,(H,22,24)/t16-/m0/s1. The summed E-state index contributed by atoms with van der Waals surface area (Å²) in [6.45, 7) is 3.11. The lowest BCUT2D eigenvalue weighted by Crippen LogP contribution is -2.33. The van der Waals surface area contributed by atoms with Crippen LogP contribution in [-0.2, 0) is 16.1 Å². The normalized spacial score (nSPS) is 16.8. The first kappa shape index (κ1) is 17.8. The number of benzene rings is 2. The number of carbonyl (C=O) groups is 1. The molecule has 1 atom stereocenters. The van der Waals surface area contributed by atoms with E-state index >= 15 is 0 Å². The lowest BCUT2D eigenvalue weighted by molar-refractivity contribution is -0.126. The van der Waals surface area contributed by atoms with E-state index < -0.39 is 0 Å². The van der Waals surface area contributed by atoms with Gasteiger partial charge in [0.05, 0.1) is 6.61 Å². The first-order chi connectivity index (χ1) is 12.2. The van der Waals surface area contributed by atoms with Crippen molar-refractivity contribution in [3.8, 4) is 0 Å². The van der Waals surface area contributed by atoms with Gasteiger partial charge in [0.1, 0.15) is 6.61 Å². The van der Waals surface area contributed by atoms with Gasteiger partial charge in [0, 0.05) is 30.3 Å². The molecule has 0 radical (unpaired) electrons. The van der Waals surface area contributed by atoms with Gasteiger partial charge < -0.3 is 15.0 Å². The van der Waals surface area contributed by atoms with Crippen LogP contribution in [0.5, 0.6) is 0 Å². The molecule has 2 aromatic carbocycles. The summed E-state index contributed by atoms with van der Waals surface area (Å²) in [5.41, 5.74) is 2.14. The highest BCUT2D eigenvalue weighted by Crippen LogP contribution is 2.22. The Labute approximate surface area is 153 Å². The SMILES string of the molecule is O=C(COCc1ccccc1Cl)NC[C@@H]1CCN(c2ccccc2)C1. The molecule has 0 aliphatic carbocycles. The minimum Gasteiger partial charge on any atom is -0.371 e. The van der Waals surface area contributed by atoms with E-state index in [1.54, 1.807) is 0 Å². The van der Waals surface area contributed by atoms with Gasteiger partial charge in [0.2, 0.25) is 5.91 Å². The Morgan fingerprint density at radius 1 is 1.16 bits per heavy atom. The van der Waals surface area contributed by atoms with Gasteiger partial charge in [-0.2, -0.15) is 0 Å². The van der Waals surface area contributed by atoms with E-state index in [1.807, 2.05) is 30.3 Å². The number of carbonyl (C=O) groups excluding carboxylic acids is 1. The topological polar surface area (TPSA) is 41.6 Å². The molecule has 5 heteroatoms. The van der Waals surface area contributed by atoms with Crippen LogP contribution in [0.4, 0.5) is 5.69 Å². The number of halogens is 1. The number of ether oxygens (including phenoxy) is 1. The predicted molar refractivity (Wildman–Crippen MR) is 101 cm³/mol. The fourth-order valence-electron chi connectivity index (χ4n) is 3.05. The Morgan fingerprint density at radius 3 is 2.72 bits per heavy atom. The summed E-state index contributed by atoms with van der Waals surface area (Å²) >= 11 is 6.07. The Balaban J connectivity index is 1.35. The highest BCUT2D eigenvalue weighted by Gasteiger charge is 2.22. The summed E-state index contributed by atoms with van der Waals surface area (Å²) in [6.07, 6.45) is 1.09. The van der Waals surface area contributed by atoms with Crippen molar-refractivity contribution < 1.29 is 9.53 Å². The van der Waals surface area contributed by atoms with E-state index in [2.05, 4.69) is 34.5 Å². The van der Waals surface area contributed by atoms with E-state index in [0.717, 1.165) is 25.1 Å². The van der Waals surface area contributed by atoms with Gasteiger partial charge in [-0.15, -0.1) is 0 Å². The first-order valence-electron chi connectivity index (χ1n) is 8.60. The van der Waals surface area contributed by atoms with Gasteiger partial charge in [0.25, 0.3) is 0 Å². The van der Waals surface area contributed by atoms with Gasteiger partial charge in [-0.1, -0.05) is 48.0 Å². The van der Waals surface area contributed by atoms with Crippen LogP contribution in [0.1, 0.15) is 12.0 Å². The van der Waals surface area contributed by atoms with Crippen molar-refractivity contribution in [2.45, 2.75) is 13.0 Å². The molecule has 0 aromatic heterocycles. The quantitative estimate of drug-likeness (QED) is 0.823. The zero-order valence-corrected chi connectivity index (χ0v) is 14.9. The number of para-hydroxylation sites is 1. The Hall–Kier alpha value is -2.04. The zero-order chi connectivity index (χ0) is 17.5. The second-order valence-corrected chi connectivity index (χ2v) is 6.73. The van der Waals surface area contributed by atoms with E-state index in [9.17, 15) is 4.79 Å². The lowest BCUT2D eigenvalue weighted by atomic mass is 10.1. The average Bonchev–Trinajstić information content (AvgIpc) is 3.11. The Kier molecular flexibility index (Phi) is 6.31. The molecule has 0 spiro atoms. The van der Waals surface area contributed by atoms with Gasteiger partial charge in [-0.05, 0) is 36.1 Å². The molecule has 0 bridgehead atoms. The van der Waals surface area contributed by atoms with E-state index in [1.165, 1.54) is 5.69 Å². The number of hydrogen-bond donors (Lipinski definition) is 1. The number of rotatable bonds is 7. The van der Waals surface area contributed by atoms with Crippen LogP contribution in [0.25, 0.3) is 0 Å². The highest BCUT2D eigenvalue weighted by atomic mass is 35.5. The lowest BCUT2D eigenvalue weighted by Gasteiger charge is -2.18. The summed E-state index contributed by atoms with van der Waals surface area (Å²) in [4.78, 5) is 14.3. The summed E-state index contributed by atoms with van der Waals surface area (Å²) < 4.78 is 5.46. The van der Waals surface area contributed by atoms with E-state index in [-0.39, 0.29) is 12.5 Å². The molecule has 0 saturated carbocycles. The molecule has 2 aromatic rings. The van der Waals surface area contributed by atoms with E-state index in [0.29, 0.717) is 24.1 Å². The number of anilines is 1. The van der Waals surface area contributed by atoms with Crippen LogP contribution in [0.3, 0.4) is 0 Å². The highest BCUT2D eigenvalue weighted by molar-refractivity contribution is 6.31. The maximum Gasteiger partial charge on any atom is 0.246 e. The fourth-order valence-corrected chi connectivity index (χ4v) is 3.24. The zero-order valence-electron chi connectivity index (χ0n) is 14.2. The van der Waals surface area contributed by atoms with Crippen molar-refractivity contribution >= 4 is 23.2 Å². The van der Waals surface area contributed by atoms with Crippen LogP contribution < -0.4 is 10.2 Å². The van der Waals surface area contributed by atoms with Gasteiger partial charge >= 0.3 is 0 Å². The second-order valence-electron chi connectivity index (χ2n) is 6.32. The molecule has 3 rings (SSSR count). The van der Waals surface area contributed by atoms with Crippen molar-refractivity contribution in [3.05, 3.63) is 65.2 Å². The maximum absolute atomic E-state index is 11.9. The minimum absolute atomic E-state index is 0.0559. The van der Waals surface area contributed by atoms with Crippen LogP contribution >= 0.6 is 11.6 Å². The number of nitrogens with zero attached hydrogens (tertiary/aromatic N) is 1. The van der Waals surface area contributed by atoms with Crippen molar-refractivity contribution in [2.75, 3.05) is 31.1 Å². The molecule has 1 N–H and O–H groups in total. The summed E-state index contributed by atoms with van der Waals surface area (Å²) in [5.74, 6) is 0.401. The molecule has 1 fully saturated rings. The first-order valence-corrected chi connectivity index (χ1v) is 8.98. The molecule has 4 nitrogen and oxygen atoms in total. The minimum atomic E-state index is -0.0785. The number of hydrogen-bond acceptors (Lipinski definition) is 3. The smallest absolute Gasteiger partial charge is 0.246 e. The molecule has 1 heterocycles. The summed E-state index contributed by atoms with van der Waals surface area (Å²) in [7, 11) is 0. The molecule has 132 valence electrons. The molecule has 1 amide bonds. The van der Waals surface area contributed by atoms with Crippen molar-refractivity contribution in [1.29, 1.82) is 0 Å². The Morgan fingerprint density at radius 2 is 1.92 bits per heavy atom.